The SMILES string of the molecule is COC1C(C)[C@@H](O[C@H]2C(COCc3ccccc3)O[C@@H](OC)C(C)[C@H]2C)O[C@@H](Cc2ccccc2)[C@H]1O[C@H]1O[C@H](COC(C)=O)[C@@H](O[C@@H]2OC(Cc3ccccc3)[C@H](O)[C@H](C)C2C)C(C)C1C. The number of hydrogen-bond acceptors (Lipinski definition) is 13. The van der Waals surface area contributed by atoms with Gasteiger partial charge in [-0.15, -0.1) is 0 Å². The van der Waals surface area contributed by atoms with Crippen LogP contribution < -0.4 is 0 Å². The van der Waals surface area contributed by atoms with Crippen LogP contribution in [0.25, 0.3) is 0 Å². The molecule has 0 radical (unpaired) electrons. The summed E-state index contributed by atoms with van der Waals surface area (Å²) in [7, 11) is 3.37. The van der Waals surface area contributed by atoms with E-state index in [-0.39, 0.29) is 54.1 Å². The van der Waals surface area contributed by atoms with Gasteiger partial charge in [-0.1, -0.05) is 139 Å². The molecular weight excluding hydrogens is 857 g/mol. The van der Waals surface area contributed by atoms with Crippen molar-refractivity contribution in [3.05, 3.63) is 108 Å². The predicted molar refractivity (Wildman–Crippen MR) is 250 cm³/mol. The second kappa shape index (κ2) is 24.0. The lowest BCUT2D eigenvalue weighted by atomic mass is 9.81. The monoisotopic (exact) mass is 933 g/mol. The van der Waals surface area contributed by atoms with Crippen LogP contribution in [0.15, 0.2) is 91.0 Å². The summed E-state index contributed by atoms with van der Waals surface area (Å²) in [4.78, 5) is 12.3. The fourth-order valence-electron chi connectivity index (χ4n) is 10.3. The third-order valence-corrected chi connectivity index (χ3v) is 15.1. The molecule has 4 aliphatic heterocycles. The molecule has 3 aromatic carbocycles. The number of aliphatic hydroxyl groups is 1. The smallest absolute Gasteiger partial charge is 0.302 e. The topological polar surface area (TPSA) is 139 Å². The molecule has 20 atom stereocenters. The van der Waals surface area contributed by atoms with Gasteiger partial charge in [-0.2, -0.15) is 0 Å². The second-order valence-electron chi connectivity index (χ2n) is 19.6. The van der Waals surface area contributed by atoms with Crippen molar-refractivity contribution < 1.29 is 62.0 Å². The van der Waals surface area contributed by atoms with E-state index in [0.29, 0.717) is 26.1 Å². The highest BCUT2D eigenvalue weighted by Crippen LogP contribution is 2.43. The van der Waals surface area contributed by atoms with Gasteiger partial charge in [0.05, 0.1) is 49.8 Å². The van der Waals surface area contributed by atoms with Crippen molar-refractivity contribution in [2.75, 3.05) is 27.4 Å². The van der Waals surface area contributed by atoms with E-state index >= 15 is 0 Å². The van der Waals surface area contributed by atoms with E-state index in [0.717, 1.165) is 16.7 Å². The van der Waals surface area contributed by atoms with E-state index in [1.165, 1.54) is 6.92 Å². The van der Waals surface area contributed by atoms with Crippen LogP contribution in [0.4, 0.5) is 0 Å². The number of carbonyl (C=O) groups is 1. The number of esters is 1. The molecule has 370 valence electrons. The first-order valence-electron chi connectivity index (χ1n) is 24.4. The highest BCUT2D eigenvalue weighted by molar-refractivity contribution is 5.65. The van der Waals surface area contributed by atoms with Crippen LogP contribution >= 0.6 is 0 Å². The molecule has 4 saturated heterocycles. The van der Waals surface area contributed by atoms with E-state index in [1.54, 1.807) is 14.2 Å². The molecule has 0 aliphatic carbocycles. The van der Waals surface area contributed by atoms with Crippen LogP contribution in [0.2, 0.25) is 0 Å². The zero-order valence-corrected chi connectivity index (χ0v) is 41.1. The molecule has 3 aromatic rings. The lowest BCUT2D eigenvalue weighted by Gasteiger charge is -2.51. The first-order chi connectivity index (χ1) is 32.3. The molecule has 67 heavy (non-hydrogen) atoms. The van der Waals surface area contributed by atoms with Gasteiger partial charge in [0.1, 0.15) is 24.9 Å². The van der Waals surface area contributed by atoms with Crippen LogP contribution in [0, 0.1) is 41.4 Å². The van der Waals surface area contributed by atoms with E-state index in [9.17, 15) is 9.90 Å². The highest BCUT2D eigenvalue weighted by Gasteiger charge is 2.53. The number of carbonyl (C=O) groups excluding carboxylic acids is 1. The molecule has 4 fully saturated rings. The Bertz CT molecular complexity index is 1920. The molecular formula is C54H76O13. The summed E-state index contributed by atoms with van der Waals surface area (Å²) in [6.45, 7) is 16.7. The molecule has 13 nitrogen and oxygen atoms in total. The maximum atomic E-state index is 12.3. The molecule has 4 heterocycles. The Balaban J connectivity index is 1.10. The van der Waals surface area contributed by atoms with Gasteiger partial charge in [0.25, 0.3) is 0 Å². The zero-order chi connectivity index (χ0) is 47.8. The van der Waals surface area contributed by atoms with Crippen molar-refractivity contribution in [1.82, 2.24) is 0 Å². The number of benzene rings is 3. The maximum absolute atomic E-state index is 12.3. The zero-order valence-electron chi connectivity index (χ0n) is 41.1. The molecule has 4 aliphatic rings. The van der Waals surface area contributed by atoms with Crippen molar-refractivity contribution in [2.45, 2.75) is 155 Å². The van der Waals surface area contributed by atoms with Crippen molar-refractivity contribution >= 4 is 5.97 Å². The Hall–Kier alpha value is -3.31. The van der Waals surface area contributed by atoms with Crippen molar-refractivity contribution in [1.29, 1.82) is 0 Å². The first-order valence-corrected chi connectivity index (χ1v) is 24.4. The van der Waals surface area contributed by atoms with Gasteiger partial charge in [0, 0.05) is 57.7 Å². The number of hydrogen-bond donors (Lipinski definition) is 1. The van der Waals surface area contributed by atoms with Crippen molar-refractivity contribution in [3.63, 3.8) is 0 Å². The van der Waals surface area contributed by atoms with Gasteiger partial charge in [0.2, 0.25) is 0 Å². The van der Waals surface area contributed by atoms with Gasteiger partial charge in [-0.05, 0) is 34.4 Å². The molecule has 0 aromatic heterocycles. The fraction of sp³-hybridized carbons (Fsp3) is 0.648. The fourth-order valence-corrected chi connectivity index (χ4v) is 10.3. The second-order valence-corrected chi connectivity index (χ2v) is 19.6. The molecule has 8 unspecified atom stereocenters. The standard InChI is InChI=1S/C54H76O13/c1-31-34(4)52(61-42(46(31)56)26-39-20-14-11-15-21-39)65-48-33(3)36(6)53(64-45(48)30-60-38(8)55)67-50-43(27-40-22-16-12-17-23-40)62-54(37(7)49(50)57-9)66-47-32(2)35(5)51(58-10)63-44(47)29-59-28-41-24-18-13-19-25-41/h11-25,31-37,42-54,56H,26-30H2,1-10H3/t31-,32-,33?,34?,35?,36?,37?,42?,43+,44?,45-,46-,47-,48+,49?,50-,51-,52+,53-,54-/m1/s1. The Morgan fingerprint density at radius 3 is 1.45 bits per heavy atom. The average Bonchev–Trinajstić information content (AvgIpc) is 3.33. The molecule has 13 heteroatoms. The van der Waals surface area contributed by atoms with Crippen LogP contribution in [0.5, 0.6) is 0 Å². The third kappa shape index (κ3) is 12.5. The number of methoxy groups -OCH3 is 2. The Morgan fingerprint density at radius 1 is 0.478 bits per heavy atom. The Labute approximate surface area is 398 Å². The number of rotatable bonds is 18. The molecule has 0 saturated carbocycles. The molecule has 0 spiro atoms. The van der Waals surface area contributed by atoms with Crippen LogP contribution in [-0.2, 0) is 76.3 Å². The number of ether oxygens (including phenoxy) is 11. The summed E-state index contributed by atoms with van der Waals surface area (Å²) in [5, 5.41) is 11.3. The average molecular weight is 933 g/mol. The van der Waals surface area contributed by atoms with E-state index in [4.69, 9.17) is 52.1 Å². The summed E-state index contributed by atoms with van der Waals surface area (Å²) in [6.07, 6.45) is -6.14. The molecule has 0 amide bonds. The van der Waals surface area contributed by atoms with Gasteiger partial charge in [0.15, 0.2) is 25.2 Å². The molecule has 1 N–H and O–H groups in total. The normalized spacial score (nSPS) is 39.1. The summed E-state index contributed by atoms with van der Waals surface area (Å²) in [5.74, 6) is -1.19. The van der Waals surface area contributed by atoms with Gasteiger partial charge >= 0.3 is 5.97 Å². The minimum atomic E-state index is -0.745. The molecule has 7 rings (SSSR count). The van der Waals surface area contributed by atoms with E-state index in [2.05, 4.69) is 46.8 Å². The van der Waals surface area contributed by atoms with Crippen LogP contribution in [0.1, 0.15) is 72.1 Å². The Morgan fingerprint density at radius 2 is 0.910 bits per heavy atom. The van der Waals surface area contributed by atoms with Crippen LogP contribution in [-0.4, -0.2) is 119 Å². The van der Waals surface area contributed by atoms with E-state index < -0.39 is 80.0 Å². The minimum absolute atomic E-state index is 0.0342. The van der Waals surface area contributed by atoms with Gasteiger partial charge in [-0.3, -0.25) is 4.79 Å². The summed E-state index contributed by atoms with van der Waals surface area (Å²) < 4.78 is 72.4. The van der Waals surface area contributed by atoms with Crippen molar-refractivity contribution in [2.24, 2.45) is 41.4 Å². The third-order valence-electron chi connectivity index (χ3n) is 15.1. The van der Waals surface area contributed by atoms with E-state index in [1.807, 2.05) is 92.7 Å². The minimum Gasteiger partial charge on any atom is -0.463 e. The van der Waals surface area contributed by atoms with Gasteiger partial charge < -0.3 is 57.2 Å². The maximum Gasteiger partial charge on any atom is 0.302 e. The quantitative estimate of drug-likeness (QED) is 0.124. The lowest BCUT2D eigenvalue weighted by Crippen LogP contribution is -2.62. The van der Waals surface area contributed by atoms with Gasteiger partial charge in [-0.25, -0.2) is 0 Å². The summed E-state index contributed by atoms with van der Waals surface area (Å²) >= 11 is 0. The first kappa shape index (κ1) is 51.5. The van der Waals surface area contributed by atoms with Crippen LogP contribution in [0.3, 0.4) is 0 Å². The molecule has 0 bridgehead atoms. The summed E-state index contributed by atoms with van der Waals surface area (Å²) in [6, 6.07) is 30.3. The summed E-state index contributed by atoms with van der Waals surface area (Å²) in [5.41, 5.74) is 3.22. The van der Waals surface area contributed by atoms with Crippen molar-refractivity contribution in [3.8, 4) is 0 Å². The Kier molecular flexibility index (Phi) is 18.5. The largest absolute Gasteiger partial charge is 0.463 e. The number of aliphatic hydroxyl groups excluding tert-OH is 1. The lowest BCUT2D eigenvalue weighted by molar-refractivity contribution is -0.367. The highest BCUT2D eigenvalue weighted by atomic mass is 16.8. The predicted octanol–water partition coefficient (Wildman–Crippen LogP) is 7.78.